The van der Waals surface area contributed by atoms with Crippen LogP contribution in [0.15, 0.2) is 29.1 Å². The number of rotatable bonds is 7. The number of piperidine rings is 1. The molecule has 166 valence electrons. The Balaban J connectivity index is 1.49. The van der Waals surface area contributed by atoms with E-state index in [1.807, 2.05) is 0 Å². The third-order valence-corrected chi connectivity index (χ3v) is 5.93. The maximum Gasteiger partial charge on any atom is 0.348 e. The normalized spacial score (nSPS) is 15.9. The molecule has 2 aromatic rings. The summed E-state index contributed by atoms with van der Waals surface area (Å²) in [5.41, 5.74) is 1.13. The average molecular weight is 448 g/mol. The van der Waals surface area contributed by atoms with Crippen LogP contribution in [0.25, 0.3) is 0 Å². The third-order valence-electron chi connectivity index (χ3n) is 4.80. The maximum absolute atomic E-state index is 12.4. The van der Waals surface area contributed by atoms with Gasteiger partial charge in [-0.15, -0.1) is 11.3 Å². The maximum atomic E-state index is 12.4. The topological polar surface area (TPSA) is 115 Å². The number of aryl methyl sites for hydroxylation is 1. The molecule has 2 amide bonds. The van der Waals surface area contributed by atoms with Gasteiger partial charge in [0, 0.05) is 13.1 Å². The standard InChI is InChI=1S/C21H24N2O7S/c1-3-29-21(27)18-13(2)9-17(31-18)22-16(24)12-30-20(26)14-5-4-7-23(10-14)19(25)15-6-8-28-11-15/h6,8-9,11,14H,3-5,7,10,12H2,1-2H3,(H,22,24)/t14-/m0/s1. The van der Waals surface area contributed by atoms with Gasteiger partial charge in [0.25, 0.3) is 11.8 Å². The molecule has 0 aromatic carbocycles. The highest BCUT2D eigenvalue weighted by atomic mass is 32.1. The summed E-state index contributed by atoms with van der Waals surface area (Å²) in [6.45, 7) is 4.07. The van der Waals surface area contributed by atoms with Gasteiger partial charge in [0.2, 0.25) is 0 Å². The molecule has 1 aliphatic heterocycles. The number of hydrogen-bond acceptors (Lipinski definition) is 8. The van der Waals surface area contributed by atoms with Crippen LogP contribution in [0.3, 0.4) is 0 Å². The fraction of sp³-hybridized carbons (Fsp3) is 0.429. The predicted octanol–water partition coefficient (Wildman–Crippen LogP) is 2.86. The van der Waals surface area contributed by atoms with Crippen molar-refractivity contribution in [2.45, 2.75) is 26.7 Å². The molecule has 10 heteroatoms. The van der Waals surface area contributed by atoms with E-state index in [1.165, 1.54) is 12.5 Å². The molecule has 1 fully saturated rings. The summed E-state index contributed by atoms with van der Waals surface area (Å²) in [7, 11) is 0. The molecule has 1 atom stereocenters. The van der Waals surface area contributed by atoms with Crippen LogP contribution in [-0.2, 0) is 19.1 Å². The van der Waals surface area contributed by atoms with Crippen LogP contribution < -0.4 is 5.32 Å². The lowest BCUT2D eigenvalue weighted by Crippen LogP contribution is -2.43. The number of likely N-dealkylation sites (tertiary alicyclic amines) is 1. The Morgan fingerprint density at radius 2 is 2.10 bits per heavy atom. The number of thiophene rings is 1. The van der Waals surface area contributed by atoms with Crippen molar-refractivity contribution in [2.24, 2.45) is 5.92 Å². The molecule has 0 unspecified atom stereocenters. The van der Waals surface area contributed by atoms with Gasteiger partial charge in [0.05, 0.1) is 29.4 Å². The first-order valence-electron chi connectivity index (χ1n) is 9.94. The van der Waals surface area contributed by atoms with E-state index < -0.39 is 30.4 Å². The summed E-state index contributed by atoms with van der Waals surface area (Å²) in [5, 5.41) is 3.09. The molecular formula is C21H24N2O7S. The Morgan fingerprint density at radius 1 is 1.29 bits per heavy atom. The second-order valence-corrected chi connectivity index (χ2v) is 8.15. The number of carbonyl (C=O) groups is 4. The second-order valence-electron chi connectivity index (χ2n) is 7.10. The van der Waals surface area contributed by atoms with E-state index in [2.05, 4.69) is 5.32 Å². The largest absolute Gasteiger partial charge is 0.472 e. The third kappa shape index (κ3) is 5.72. The number of carbonyl (C=O) groups excluding carboxylic acids is 4. The molecule has 0 radical (unpaired) electrons. The fourth-order valence-electron chi connectivity index (χ4n) is 3.29. The van der Waals surface area contributed by atoms with Crippen molar-refractivity contribution in [2.75, 3.05) is 31.6 Å². The summed E-state index contributed by atoms with van der Waals surface area (Å²) >= 11 is 1.10. The lowest BCUT2D eigenvalue weighted by molar-refractivity contribution is -0.152. The first kappa shape index (κ1) is 22.5. The summed E-state index contributed by atoms with van der Waals surface area (Å²) in [5.74, 6) is -2.16. The first-order valence-corrected chi connectivity index (χ1v) is 10.8. The summed E-state index contributed by atoms with van der Waals surface area (Å²) < 4.78 is 15.1. The summed E-state index contributed by atoms with van der Waals surface area (Å²) in [6.07, 6.45) is 4.05. The minimum atomic E-state index is -0.519. The molecule has 0 saturated carbocycles. The van der Waals surface area contributed by atoms with E-state index in [9.17, 15) is 19.2 Å². The predicted molar refractivity (Wildman–Crippen MR) is 112 cm³/mol. The smallest absolute Gasteiger partial charge is 0.348 e. The lowest BCUT2D eigenvalue weighted by atomic mass is 9.98. The van der Waals surface area contributed by atoms with Crippen LogP contribution in [0.5, 0.6) is 0 Å². The van der Waals surface area contributed by atoms with Crippen molar-refractivity contribution in [1.82, 2.24) is 4.90 Å². The summed E-state index contributed by atoms with van der Waals surface area (Å²) in [4.78, 5) is 50.9. The molecule has 1 aliphatic rings. The molecule has 1 N–H and O–H groups in total. The van der Waals surface area contributed by atoms with Crippen LogP contribution in [0, 0.1) is 12.8 Å². The van der Waals surface area contributed by atoms with Gasteiger partial charge in [0.15, 0.2) is 6.61 Å². The average Bonchev–Trinajstić information content (AvgIpc) is 3.41. The highest BCUT2D eigenvalue weighted by Crippen LogP contribution is 2.27. The Morgan fingerprint density at radius 3 is 2.81 bits per heavy atom. The SMILES string of the molecule is CCOC(=O)c1sc(NC(=O)COC(=O)[C@H]2CCCN(C(=O)c3ccoc3)C2)cc1C. The van der Waals surface area contributed by atoms with E-state index in [-0.39, 0.29) is 19.1 Å². The zero-order chi connectivity index (χ0) is 22.4. The molecule has 9 nitrogen and oxygen atoms in total. The Bertz CT molecular complexity index is 951. The van der Waals surface area contributed by atoms with Crippen molar-refractivity contribution < 1.29 is 33.1 Å². The molecule has 0 spiro atoms. The van der Waals surface area contributed by atoms with Crippen molar-refractivity contribution in [3.05, 3.63) is 40.7 Å². The van der Waals surface area contributed by atoms with Crippen molar-refractivity contribution in [1.29, 1.82) is 0 Å². The zero-order valence-electron chi connectivity index (χ0n) is 17.3. The number of nitrogens with one attached hydrogen (secondary N) is 1. The van der Waals surface area contributed by atoms with E-state index in [0.717, 1.165) is 11.3 Å². The van der Waals surface area contributed by atoms with Crippen molar-refractivity contribution >= 4 is 40.1 Å². The number of furan rings is 1. The van der Waals surface area contributed by atoms with E-state index >= 15 is 0 Å². The van der Waals surface area contributed by atoms with Gasteiger partial charge in [-0.25, -0.2) is 4.79 Å². The fourth-order valence-corrected chi connectivity index (χ4v) is 4.28. The highest BCUT2D eigenvalue weighted by Gasteiger charge is 2.30. The highest BCUT2D eigenvalue weighted by molar-refractivity contribution is 7.18. The molecule has 2 aromatic heterocycles. The number of amides is 2. The van der Waals surface area contributed by atoms with Gasteiger partial charge in [-0.05, 0) is 44.4 Å². The number of esters is 2. The molecule has 0 bridgehead atoms. The molecule has 31 heavy (non-hydrogen) atoms. The van der Waals surface area contributed by atoms with Gasteiger partial charge in [-0.3, -0.25) is 14.4 Å². The lowest BCUT2D eigenvalue weighted by Gasteiger charge is -2.31. The van der Waals surface area contributed by atoms with Crippen LogP contribution in [-0.4, -0.2) is 55.0 Å². The number of ether oxygens (including phenoxy) is 2. The Labute approximate surface area is 183 Å². The second kappa shape index (κ2) is 10.3. The van der Waals surface area contributed by atoms with Crippen molar-refractivity contribution in [3.63, 3.8) is 0 Å². The number of hydrogen-bond donors (Lipinski definition) is 1. The molecule has 1 saturated heterocycles. The van der Waals surface area contributed by atoms with E-state index in [0.29, 0.717) is 40.4 Å². The van der Waals surface area contributed by atoms with Crippen LogP contribution in [0.2, 0.25) is 0 Å². The monoisotopic (exact) mass is 448 g/mol. The van der Waals surface area contributed by atoms with Crippen LogP contribution >= 0.6 is 11.3 Å². The van der Waals surface area contributed by atoms with Gasteiger partial charge in [-0.2, -0.15) is 0 Å². The van der Waals surface area contributed by atoms with Gasteiger partial charge >= 0.3 is 11.9 Å². The van der Waals surface area contributed by atoms with Crippen LogP contribution in [0.1, 0.15) is 45.4 Å². The zero-order valence-corrected chi connectivity index (χ0v) is 18.2. The molecule has 3 heterocycles. The van der Waals surface area contributed by atoms with Gasteiger partial charge in [0.1, 0.15) is 11.1 Å². The first-order chi connectivity index (χ1) is 14.9. The Kier molecular flexibility index (Phi) is 7.45. The van der Waals surface area contributed by atoms with Gasteiger partial charge < -0.3 is 24.1 Å². The molecular weight excluding hydrogens is 424 g/mol. The van der Waals surface area contributed by atoms with E-state index in [4.69, 9.17) is 13.9 Å². The van der Waals surface area contributed by atoms with E-state index in [1.54, 1.807) is 30.9 Å². The Hall–Kier alpha value is -3.14. The molecule has 3 rings (SSSR count). The quantitative estimate of drug-likeness (QED) is 0.648. The van der Waals surface area contributed by atoms with Crippen LogP contribution in [0.4, 0.5) is 5.00 Å². The number of nitrogens with zero attached hydrogens (tertiary/aromatic N) is 1. The van der Waals surface area contributed by atoms with Crippen molar-refractivity contribution in [3.8, 4) is 0 Å². The minimum Gasteiger partial charge on any atom is -0.472 e. The minimum absolute atomic E-state index is 0.200. The molecule has 0 aliphatic carbocycles. The van der Waals surface area contributed by atoms with Gasteiger partial charge in [-0.1, -0.05) is 0 Å². The number of anilines is 1. The summed E-state index contributed by atoms with van der Waals surface area (Å²) in [6, 6.07) is 3.24.